The lowest BCUT2D eigenvalue weighted by Crippen LogP contribution is -2.26. The van der Waals surface area contributed by atoms with Crippen molar-refractivity contribution in [1.29, 1.82) is 0 Å². The van der Waals surface area contributed by atoms with Crippen molar-refractivity contribution in [2.45, 2.75) is 45.3 Å². The normalized spacial score (nSPS) is 13.8. The van der Waals surface area contributed by atoms with Crippen LogP contribution < -0.4 is 10.9 Å². The molecule has 0 radical (unpaired) electrons. The first-order valence-corrected chi connectivity index (χ1v) is 10.6. The zero-order valence-electron chi connectivity index (χ0n) is 17.6. The molecule has 2 heterocycles. The Bertz CT molecular complexity index is 1130. The summed E-state index contributed by atoms with van der Waals surface area (Å²) < 4.78 is 1.80. The van der Waals surface area contributed by atoms with E-state index in [0.29, 0.717) is 23.0 Å². The summed E-state index contributed by atoms with van der Waals surface area (Å²) in [5, 5.41) is 3.59. The summed E-state index contributed by atoms with van der Waals surface area (Å²) in [7, 11) is 4.06. The second-order valence-electron chi connectivity index (χ2n) is 8.22. The molecule has 1 N–H and O–H groups in total. The van der Waals surface area contributed by atoms with Crippen molar-refractivity contribution in [1.82, 2.24) is 19.8 Å². The maximum absolute atomic E-state index is 12.9. The summed E-state index contributed by atoms with van der Waals surface area (Å²) in [5.41, 5.74) is 3.43. The topological polar surface area (TPSA) is 67.2 Å². The van der Waals surface area contributed by atoms with Crippen LogP contribution in [0, 0.1) is 0 Å². The molecule has 30 heavy (non-hydrogen) atoms. The van der Waals surface area contributed by atoms with Gasteiger partial charge in [-0.15, -0.1) is 0 Å². The Kier molecular flexibility index (Phi) is 5.95. The first kappa shape index (κ1) is 20.3. The number of rotatable bonds is 5. The molecule has 1 aliphatic rings. The second-order valence-corrected chi connectivity index (χ2v) is 8.22. The van der Waals surface area contributed by atoms with Gasteiger partial charge in [-0.05, 0) is 56.3 Å². The van der Waals surface area contributed by atoms with Gasteiger partial charge >= 0.3 is 0 Å². The Morgan fingerprint density at radius 3 is 2.70 bits per heavy atom. The highest BCUT2D eigenvalue weighted by Crippen LogP contribution is 2.17. The zero-order valence-corrected chi connectivity index (χ0v) is 17.6. The van der Waals surface area contributed by atoms with E-state index in [0.717, 1.165) is 50.2 Å². The predicted molar refractivity (Wildman–Crippen MR) is 119 cm³/mol. The third kappa shape index (κ3) is 4.28. The van der Waals surface area contributed by atoms with Gasteiger partial charge in [-0.1, -0.05) is 30.7 Å². The molecular weight excluding hydrogens is 376 g/mol. The summed E-state index contributed by atoms with van der Waals surface area (Å²) in [6.45, 7) is 2.01. The molecule has 1 aliphatic heterocycles. The fourth-order valence-corrected chi connectivity index (χ4v) is 4.06. The minimum absolute atomic E-state index is 0.00136. The first-order chi connectivity index (χ1) is 14.5. The Morgan fingerprint density at radius 2 is 1.90 bits per heavy atom. The Morgan fingerprint density at radius 1 is 1.10 bits per heavy atom. The molecule has 2 aromatic carbocycles. The highest BCUT2D eigenvalue weighted by atomic mass is 16.1. The molecule has 0 spiro atoms. The van der Waals surface area contributed by atoms with Crippen LogP contribution in [0.1, 0.15) is 46.6 Å². The third-order valence-corrected chi connectivity index (χ3v) is 5.62. The van der Waals surface area contributed by atoms with E-state index in [4.69, 9.17) is 4.98 Å². The molecule has 0 saturated carbocycles. The number of fused-ring (bicyclic) bond motifs is 2. The van der Waals surface area contributed by atoms with Gasteiger partial charge in [0.2, 0.25) is 0 Å². The van der Waals surface area contributed by atoms with Crippen LogP contribution >= 0.6 is 0 Å². The highest BCUT2D eigenvalue weighted by molar-refractivity contribution is 5.97. The van der Waals surface area contributed by atoms with Crippen LogP contribution in [0.25, 0.3) is 10.9 Å². The van der Waals surface area contributed by atoms with Crippen LogP contribution in [0.3, 0.4) is 0 Å². The van der Waals surface area contributed by atoms with Crippen molar-refractivity contribution in [2.75, 3.05) is 14.1 Å². The van der Waals surface area contributed by atoms with Gasteiger partial charge in [0.15, 0.2) is 0 Å². The minimum Gasteiger partial charge on any atom is -0.348 e. The number of nitrogens with one attached hydrogen (secondary N) is 1. The number of nitrogens with zero attached hydrogens (tertiary/aromatic N) is 3. The molecule has 0 fully saturated rings. The number of aryl methyl sites for hydroxylation is 1. The average Bonchev–Trinajstić information content (AvgIpc) is 2.98. The van der Waals surface area contributed by atoms with Gasteiger partial charge in [-0.3, -0.25) is 14.2 Å². The Labute approximate surface area is 176 Å². The summed E-state index contributed by atoms with van der Waals surface area (Å²) >= 11 is 0. The minimum atomic E-state index is -0.159. The van der Waals surface area contributed by atoms with E-state index in [2.05, 4.69) is 16.3 Å². The largest absolute Gasteiger partial charge is 0.348 e. The second kappa shape index (κ2) is 8.79. The van der Waals surface area contributed by atoms with Gasteiger partial charge in [-0.2, -0.15) is 0 Å². The summed E-state index contributed by atoms with van der Waals surface area (Å²) in [5.74, 6) is 0.675. The number of hydrogen-bond acceptors (Lipinski definition) is 4. The molecule has 1 aromatic heterocycles. The van der Waals surface area contributed by atoms with E-state index in [1.54, 1.807) is 22.8 Å². The van der Waals surface area contributed by atoms with Crippen LogP contribution in [0.4, 0.5) is 0 Å². The van der Waals surface area contributed by atoms with Gasteiger partial charge in [0.25, 0.3) is 11.5 Å². The van der Waals surface area contributed by atoms with Crippen molar-refractivity contribution >= 4 is 16.8 Å². The van der Waals surface area contributed by atoms with Gasteiger partial charge in [-0.25, -0.2) is 4.98 Å². The summed E-state index contributed by atoms with van der Waals surface area (Å²) in [6, 6.07) is 13.3. The van der Waals surface area contributed by atoms with E-state index in [1.807, 2.05) is 32.3 Å². The molecule has 0 unspecified atom stereocenters. The maximum atomic E-state index is 12.9. The highest BCUT2D eigenvalue weighted by Gasteiger charge is 2.15. The molecule has 156 valence electrons. The quantitative estimate of drug-likeness (QED) is 0.710. The van der Waals surface area contributed by atoms with Crippen molar-refractivity contribution in [3.8, 4) is 0 Å². The molecular formula is C24H28N4O2. The van der Waals surface area contributed by atoms with E-state index < -0.39 is 0 Å². The van der Waals surface area contributed by atoms with E-state index in [-0.39, 0.29) is 11.5 Å². The monoisotopic (exact) mass is 404 g/mol. The van der Waals surface area contributed by atoms with Crippen LogP contribution in [-0.2, 0) is 26.1 Å². The molecule has 0 saturated heterocycles. The molecule has 3 aromatic rings. The van der Waals surface area contributed by atoms with Gasteiger partial charge < -0.3 is 10.2 Å². The van der Waals surface area contributed by atoms with Crippen LogP contribution in [-0.4, -0.2) is 34.5 Å². The smallest absolute Gasteiger partial charge is 0.261 e. The lowest BCUT2D eigenvalue weighted by molar-refractivity contribution is 0.0951. The van der Waals surface area contributed by atoms with E-state index in [1.165, 1.54) is 5.56 Å². The van der Waals surface area contributed by atoms with Crippen LogP contribution in [0.5, 0.6) is 0 Å². The summed E-state index contributed by atoms with van der Waals surface area (Å²) in [4.78, 5) is 32.5. The van der Waals surface area contributed by atoms with Crippen molar-refractivity contribution in [3.05, 3.63) is 75.3 Å². The van der Waals surface area contributed by atoms with Crippen molar-refractivity contribution in [3.63, 3.8) is 0 Å². The molecule has 6 heteroatoms. The van der Waals surface area contributed by atoms with E-state index in [9.17, 15) is 9.59 Å². The van der Waals surface area contributed by atoms with E-state index >= 15 is 0 Å². The number of benzene rings is 2. The number of aromatic nitrogens is 2. The van der Waals surface area contributed by atoms with Crippen molar-refractivity contribution in [2.24, 2.45) is 0 Å². The lowest BCUT2D eigenvalue weighted by Gasteiger charge is -2.15. The standard InChI is InChI=1S/C24H28N4O2/c1-27(2)16-19-9-6-5-8-18(19)15-25-23(29)17-11-12-20-21(14-17)26-22-10-4-3-7-13-28(22)24(20)30/h5-6,8-9,11-12,14H,3-4,7,10,13,15-16H2,1-2H3,(H,25,29). The van der Waals surface area contributed by atoms with Gasteiger partial charge in [0.05, 0.1) is 10.9 Å². The number of amides is 1. The van der Waals surface area contributed by atoms with Crippen LogP contribution in [0.15, 0.2) is 47.3 Å². The summed E-state index contributed by atoms with van der Waals surface area (Å²) in [6.07, 6.45) is 3.98. The molecule has 0 atom stereocenters. The molecule has 0 aliphatic carbocycles. The molecule has 0 bridgehead atoms. The number of carbonyl (C=O) groups is 1. The van der Waals surface area contributed by atoms with Crippen LogP contribution in [0.2, 0.25) is 0 Å². The fraction of sp³-hybridized carbons (Fsp3) is 0.375. The lowest BCUT2D eigenvalue weighted by atomic mass is 10.1. The molecule has 1 amide bonds. The molecule has 4 rings (SSSR count). The zero-order chi connectivity index (χ0) is 21.1. The predicted octanol–water partition coefficient (Wildman–Crippen LogP) is 3.11. The van der Waals surface area contributed by atoms with Crippen molar-refractivity contribution < 1.29 is 4.79 Å². The first-order valence-electron chi connectivity index (χ1n) is 10.6. The SMILES string of the molecule is CN(C)Cc1ccccc1CNC(=O)c1ccc2c(=O)n3c(nc2c1)CCCCC3. The number of hydrogen-bond donors (Lipinski definition) is 1. The number of carbonyl (C=O) groups excluding carboxylic acids is 1. The third-order valence-electron chi connectivity index (χ3n) is 5.62. The van der Waals surface area contributed by atoms with Gasteiger partial charge in [0, 0.05) is 31.6 Å². The Balaban J connectivity index is 1.56. The maximum Gasteiger partial charge on any atom is 0.261 e. The van der Waals surface area contributed by atoms with Gasteiger partial charge in [0.1, 0.15) is 5.82 Å². The average molecular weight is 405 g/mol. The molecule has 6 nitrogen and oxygen atoms in total. The Hall–Kier alpha value is -2.99. The fourth-order valence-electron chi connectivity index (χ4n) is 4.06.